The second kappa shape index (κ2) is 5.81. The largest absolute Gasteiger partial charge is 0.460 e. The van der Waals surface area contributed by atoms with Crippen molar-refractivity contribution in [3.8, 4) is 0 Å². The van der Waals surface area contributed by atoms with Gasteiger partial charge in [-0.2, -0.15) is 0 Å². The number of rotatable bonds is 3. The highest BCUT2D eigenvalue weighted by atomic mass is 16.6. The van der Waals surface area contributed by atoms with Crippen LogP contribution in [-0.4, -0.2) is 28.9 Å². The first-order valence-electron chi connectivity index (χ1n) is 7.74. The van der Waals surface area contributed by atoms with Crippen LogP contribution in [0.3, 0.4) is 0 Å². The Morgan fingerprint density at radius 1 is 1.00 bits per heavy atom. The molecule has 0 N–H and O–H groups in total. The minimum absolute atomic E-state index is 0.0382. The number of carbonyl (C=O) groups excluding carboxylic acids is 4. The van der Waals surface area contributed by atoms with Gasteiger partial charge in [0.2, 0.25) is 11.6 Å². The average molecular weight is 340 g/mol. The van der Waals surface area contributed by atoms with Crippen LogP contribution >= 0.6 is 0 Å². The lowest BCUT2D eigenvalue weighted by atomic mass is 9.88. The smallest absolute Gasteiger partial charge is 0.314 e. The number of Topliss-reactive ketones (excluding diaryl/α,β-unsaturated/α-hetero) is 1. The Balaban J connectivity index is 1.88. The topological polar surface area (TPSA) is 90.7 Å². The lowest BCUT2D eigenvalue weighted by molar-refractivity contribution is -0.153. The zero-order chi connectivity index (χ0) is 18.4. The van der Waals surface area contributed by atoms with Gasteiger partial charge in [0.1, 0.15) is 12.0 Å². The summed E-state index contributed by atoms with van der Waals surface area (Å²) in [5, 5.41) is 0. The van der Waals surface area contributed by atoms with Crippen molar-refractivity contribution in [3.05, 3.63) is 58.5 Å². The number of furan rings is 1. The van der Waals surface area contributed by atoms with Crippen molar-refractivity contribution in [2.45, 2.75) is 32.8 Å². The zero-order valence-corrected chi connectivity index (χ0v) is 14.0. The van der Waals surface area contributed by atoms with Gasteiger partial charge in [-0.3, -0.25) is 19.2 Å². The lowest BCUT2D eigenvalue weighted by Gasteiger charge is -2.18. The Labute approximate surface area is 143 Å². The molecule has 0 radical (unpaired) electrons. The third-order valence-corrected chi connectivity index (χ3v) is 3.60. The monoisotopic (exact) mass is 340 g/mol. The van der Waals surface area contributed by atoms with E-state index in [-0.39, 0.29) is 34.0 Å². The molecule has 0 unspecified atom stereocenters. The molecular formula is C19H16O6. The van der Waals surface area contributed by atoms with E-state index in [1.165, 1.54) is 12.1 Å². The molecule has 1 heterocycles. The van der Waals surface area contributed by atoms with Crippen LogP contribution in [0.25, 0.3) is 0 Å². The molecule has 0 saturated carbocycles. The highest BCUT2D eigenvalue weighted by molar-refractivity contribution is 6.28. The Hall–Kier alpha value is -3.02. The number of carbonyl (C=O) groups is 4. The van der Waals surface area contributed by atoms with Crippen LogP contribution in [0.4, 0.5) is 0 Å². The van der Waals surface area contributed by atoms with Crippen molar-refractivity contribution in [1.82, 2.24) is 0 Å². The van der Waals surface area contributed by atoms with Crippen molar-refractivity contribution in [3.63, 3.8) is 0 Å². The summed E-state index contributed by atoms with van der Waals surface area (Å²) in [7, 11) is 0. The molecule has 1 aromatic carbocycles. The average Bonchev–Trinajstić information content (AvgIpc) is 2.96. The number of ketones is 3. The summed E-state index contributed by atoms with van der Waals surface area (Å²) in [6.45, 7) is 5.07. The molecule has 1 aliphatic rings. The molecule has 0 atom stereocenters. The summed E-state index contributed by atoms with van der Waals surface area (Å²) in [4.78, 5) is 48.9. The quantitative estimate of drug-likeness (QED) is 0.413. The molecule has 1 aromatic heterocycles. The number of hydrogen-bond donors (Lipinski definition) is 0. The second-order valence-corrected chi connectivity index (χ2v) is 6.74. The Bertz CT molecular complexity index is 858. The van der Waals surface area contributed by atoms with E-state index in [9.17, 15) is 19.2 Å². The van der Waals surface area contributed by atoms with Gasteiger partial charge >= 0.3 is 5.97 Å². The van der Waals surface area contributed by atoms with E-state index in [4.69, 9.17) is 9.15 Å². The van der Waals surface area contributed by atoms with Gasteiger partial charge in [-0.05, 0) is 26.8 Å². The van der Waals surface area contributed by atoms with E-state index >= 15 is 0 Å². The first kappa shape index (κ1) is 16.8. The summed E-state index contributed by atoms with van der Waals surface area (Å²) < 4.78 is 10.4. The Morgan fingerprint density at radius 3 is 2.20 bits per heavy atom. The molecule has 0 fully saturated rings. The maximum Gasteiger partial charge on any atom is 0.314 e. The molecule has 6 heteroatoms. The van der Waals surface area contributed by atoms with Gasteiger partial charge in [0.15, 0.2) is 17.3 Å². The van der Waals surface area contributed by atoms with Gasteiger partial charge in [0.05, 0.1) is 5.56 Å². The van der Waals surface area contributed by atoms with Crippen LogP contribution in [0.15, 0.2) is 34.7 Å². The van der Waals surface area contributed by atoms with Crippen LogP contribution in [0, 0.1) is 0 Å². The molecule has 2 aromatic rings. The lowest BCUT2D eigenvalue weighted by Crippen LogP contribution is -2.25. The van der Waals surface area contributed by atoms with Gasteiger partial charge in [0, 0.05) is 11.1 Å². The number of benzene rings is 1. The van der Waals surface area contributed by atoms with Gasteiger partial charge in [-0.15, -0.1) is 0 Å². The normalized spacial score (nSPS) is 13.2. The highest BCUT2D eigenvalue weighted by Gasteiger charge is 2.34. The predicted molar refractivity (Wildman–Crippen MR) is 86.8 cm³/mol. The van der Waals surface area contributed by atoms with Crippen molar-refractivity contribution in [1.29, 1.82) is 0 Å². The summed E-state index contributed by atoms with van der Waals surface area (Å²) >= 11 is 0. The van der Waals surface area contributed by atoms with Gasteiger partial charge in [-0.1, -0.05) is 24.3 Å². The molecule has 0 aliphatic heterocycles. The summed E-state index contributed by atoms with van der Waals surface area (Å²) in [6.07, 6.45) is -0.529. The first-order valence-corrected chi connectivity index (χ1v) is 7.74. The molecule has 1 aliphatic carbocycles. The van der Waals surface area contributed by atoms with Crippen LogP contribution in [0.2, 0.25) is 0 Å². The molecule has 6 nitrogen and oxygen atoms in total. The fraction of sp³-hybridized carbons (Fsp3) is 0.263. The van der Waals surface area contributed by atoms with Crippen molar-refractivity contribution < 1.29 is 28.3 Å². The van der Waals surface area contributed by atoms with Crippen molar-refractivity contribution in [2.75, 3.05) is 0 Å². The van der Waals surface area contributed by atoms with Crippen LogP contribution in [-0.2, 0) is 9.53 Å². The molecule has 128 valence electrons. The highest BCUT2D eigenvalue weighted by Crippen LogP contribution is 2.30. The second-order valence-electron chi connectivity index (χ2n) is 6.74. The van der Waals surface area contributed by atoms with Gasteiger partial charge in [0.25, 0.3) is 0 Å². The SMILES string of the molecule is CC(C)(C)OC(=O)CC(=O)c1cc2c(o1)C(=O)c1ccccc1C2=O. The number of esters is 1. The van der Waals surface area contributed by atoms with Crippen LogP contribution in [0.1, 0.15) is 69.8 Å². The maximum atomic E-state index is 12.5. The first-order chi connectivity index (χ1) is 11.7. The van der Waals surface area contributed by atoms with E-state index in [0.29, 0.717) is 0 Å². The minimum atomic E-state index is -0.715. The fourth-order valence-corrected chi connectivity index (χ4v) is 2.61. The molecule has 0 saturated heterocycles. The zero-order valence-electron chi connectivity index (χ0n) is 14.0. The minimum Gasteiger partial charge on any atom is -0.460 e. The Morgan fingerprint density at radius 2 is 1.60 bits per heavy atom. The number of fused-ring (bicyclic) bond motifs is 2. The maximum absolute atomic E-state index is 12.5. The van der Waals surface area contributed by atoms with E-state index in [1.54, 1.807) is 39.0 Å². The third kappa shape index (κ3) is 3.15. The number of ether oxygens (including phenoxy) is 1. The van der Waals surface area contributed by atoms with Crippen LogP contribution < -0.4 is 0 Å². The predicted octanol–water partition coefficient (Wildman–Crippen LogP) is 2.97. The standard InChI is InChI=1S/C19H16O6/c1-19(2,3)25-15(21)9-13(20)14-8-12-16(22)10-6-4-5-7-11(10)17(23)18(12)24-14/h4-8H,9H2,1-3H3. The summed E-state index contributed by atoms with van der Waals surface area (Å²) in [5.74, 6) is -2.56. The molecule has 25 heavy (non-hydrogen) atoms. The van der Waals surface area contributed by atoms with Crippen LogP contribution in [0.5, 0.6) is 0 Å². The van der Waals surface area contributed by atoms with E-state index in [0.717, 1.165) is 0 Å². The van der Waals surface area contributed by atoms with Gasteiger partial charge < -0.3 is 9.15 Å². The molecule has 0 bridgehead atoms. The van der Waals surface area contributed by atoms with E-state index < -0.39 is 29.6 Å². The molecule has 0 amide bonds. The van der Waals surface area contributed by atoms with Gasteiger partial charge in [-0.25, -0.2) is 0 Å². The number of hydrogen-bond acceptors (Lipinski definition) is 6. The summed E-state index contributed by atoms with van der Waals surface area (Å²) in [6, 6.07) is 7.60. The molecule has 0 spiro atoms. The summed E-state index contributed by atoms with van der Waals surface area (Å²) in [5.41, 5.74) is -0.170. The van der Waals surface area contributed by atoms with E-state index in [2.05, 4.69) is 0 Å². The molecule has 3 rings (SSSR count). The Kier molecular flexibility index (Phi) is 3.91. The van der Waals surface area contributed by atoms with Crippen molar-refractivity contribution >= 4 is 23.3 Å². The third-order valence-electron chi connectivity index (χ3n) is 3.60. The molecular weight excluding hydrogens is 324 g/mol. The fourth-order valence-electron chi connectivity index (χ4n) is 2.61. The van der Waals surface area contributed by atoms with E-state index in [1.807, 2.05) is 0 Å². The van der Waals surface area contributed by atoms with Crippen molar-refractivity contribution in [2.24, 2.45) is 0 Å².